The predicted molar refractivity (Wildman–Crippen MR) is 152 cm³/mol. The topological polar surface area (TPSA) is 158 Å². The first-order chi connectivity index (χ1) is 18.9. The number of nitrogens with two attached hydrogens (primary N) is 1. The molecule has 2 aromatic carbocycles. The maximum atomic E-state index is 14.2. The molecule has 0 saturated heterocycles. The van der Waals surface area contributed by atoms with Gasteiger partial charge in [-0.1, -0.05) is 50.1 Å². The Kier molecular flexibility index (Phi) is 9.94. The first kappa shape index (κ1) is 30.6. The van der Waals surface area contributed by atoms with Crippen LogP contribution in [0.5, 0.6) is 5.75 Å². The molecule has 40 heavy (non-hydrogen) atoms. The Balaban J connectivity index is 2.04. The number of unbranched alkanes of at least 4 members (excludes halogenated alkanes) is 2. The number of hydrazine groups is 1. The van der Waals surface area contributed by atoms with Crippen molar-refractivity contribution in [1.29, 1.82) is 0 Å². The Morgan fingerprint density at radius 1 is 1.07 bits per heavy atom. The van der Waals surface area contributed by atoms with Gasteiger partial charge in [0.25, 0.3) is 5.91 Å². The smallest absolute Gasteiger partial charge is 0.338 e. The number of carbonyl (C=O) groups excluding carboxylic acids is 2. The van der Waals surface area contributed by atoms with Crippen LogP contribution in [-0.4, -0.2) is 61.8 Å². The molecular weight excluding hydrogens is 512 g/mol. The summed E-state index contributed by atoms with van der Waals surface area (Å²) in [5.74, 6) is 3.53. The van der Waals surface area contributed by atoms with E-state index in [2.05, 4.69) is 10.3 Å². The summed E-state index contributed by atoms with van der Waals surface area (Å²) >= 11 is 0. The van der Waals surface area contributed by atoms with Crippen LogP contribution in [0.1, 0.15) is 58.1 Å². The zero-order chi connectivity index (χ0) is 29.5. The number of nitrogens with zero attached hydrogens (tertiary/aromatic N) is 1. The molecular formula is C30H40N4O6. The van der Waals surface area contributed by atoms with E-state index in [0.717, 1.165) is 23.7 Å². The molecule has 216 valence electrons. The fraction of sp³-hybridized carbons (Fsp3) is 0.433. The monoisotopic (exact) mass is 552 g/mol. The molecule has 1 aromatic heterocycles. The van der Waals surface area contributed by atoms with Crippen molar-refractivity contribution in [3.05, 3.63) is 65.9 Å². The van der Waals surface area contributed by atoms with E-state index in [1.54, 1.807) is 39.1 Å². The lowest BCUT2D eigenvalue weighted by Gasteiger charge is -2.40. The summed E-state index contributed by atoms with van der Waals surface area (Å²) in [7, 11) is 0. The van der Waals surface area contributed by atoms with Crippen LogP contribution in [0.15, 0.2) is 54.7 Å². The van der Waals surface area contributed by atoms with Crippen molar-refractivity contribution in [2.45, 2.75) is 77.0 Å². The molecule has 0 spiro atoms. The summed E-state index contributed by atoms with van der Waals surface area (Å²) in [6.45, 7) is 7.27. The zero-order valence-electron chi connectivity index (χ0n) is 23.6. The average molecular weight is 553 g/mol. The third-order valence-corrected chi connectivity index (χ3v) is 6.70. The van der Waals surface area contributed by atoms with E-state index < -0.39 is 35.0 Å². The molecule has 0 aliphatic carbocycles. The number of amides is 1. The predicted octanol–water partition coefficient (Wildman–Crippen LogP) is 3.67. The molecule has 10 nitrogen and oxygen atoms in total. The number of hydrogen-bond donors (Lipinski definition) is 5. The number of carboxylic acids is 1. The summed E-state index contributed by atoms with van der Waals surface area (Å²) in [5.41, 5.74) is -0.942. The number of esters is 1. The summed E-state index contributed by atoms with van der Waals surface area (Å²) in [4.78, 5) is 43.6. The highest BCUT2D eigenvalue weighted by molar-refractivity contribution is 6.08. The van der Waals surface area contributed by atoms with E-state index in [1.165, 1.54) is 17.1 Å². The van der Waals surface area contributed by atoms with Crippen molar-refractivity contribution in [1.82, 2.24) is 15.3 Å². The molecule has 0 saturated carbocycles. The number of phenols is 1. The van der Waals surface area contributed by atoms with Gasteiger partial charge in [0.1, 0.15) is 17.4 Å². The van der Waals surface area contributed by atoms with Gasteiger partial charge in [0.2, 0.25) is 5.54 Å². The van der Waals surface area contributed by atoms with Crippen molar-refractivity contribution < 1.29 is 29.3 Å². The summed E-state index contributed by atoms with van der Waals surface area (Å²) in [5, 5.41) is 24.5. The van der Waals surface area contributed by atoms with Crippen LogP contribution in [0.3, 0.4) is 0 Å². The fourth-order valence-corrected chi connectivity index (χ4v) is 4.59. The Morgan fingerprint density at radius 3 is 2.38 bits per heavy atom. The highest BCUT2D eigenvalue weighted by Gasteiger charge is 2.53. The van der Waals surface area contributed by atoms with Crippen molar-refractivity contribution in [2.75, 3.05) is 6.54 Å². The number of ether oxygens (including phenoxy) is 1. The van der Waals surface area contributed by atoms with Gasteiger partial charge in [-0.2, -0.15) is 0 Å². The summed E-state index contributed by atoms with van der Waals surface area (Å²) in [6.07, 6.45) is 3.81. The van der Waals surface area contributed by atoms with E-state index >= 15 is 0 Å². The van der Waals surface area contributed by atoms with Gasteiger partial charge in [0.05, 0.1) is 0 Å². The van der Waals surface area contributed by atoms with Crippen molar-refractivity contribution in [2.24, 2.45) is 5.84 Å². The Bertz CT molecular complexity index is 1310. The van der Waals surface area contributed by atoms with Crippen LogP contribution in [0, 0.1) is 0 Å². The average Bonchev–Trinajstić information content (AvgIpc) is 3.29. The van der Waals surface area contributed by atoms with Crippen molar-refractivity contribution >= 4 is 28.7 Å². The van der Waals surface area contributed by atoms with E-state index in [0.29, 0.717) is 17.5 Å². The van der Waals surface area contributed by atoms with Crippen LogP contribution in [0.25, 0.3) is 10.9 Å². The van der Waals surface area contributed by atoms with E-state index in [1.807, 2.05) is 31.2 Å². The highest BCUT2D eigenvalue weighted by Crippen LogP contribution is 2.27. The van der Waals surface area contributed by atoms with Crippen molar-refractivity contribution in [3.63, 3.8) is 0 Å². The maximum Gasteiger partial charge on any atom is 0.338 e. The Labute approximate surface area is 234 Å². The largest absolute Gasteiger partial charge is 0.508 e. The molecule has 1 unspecified atom stereocenters. The first-order valence-corrected chi connectivity index (χ1v) is 13.5. The summed E-state index contributed by atoms with van der Waals surface area (Å²) < 4.78 is 5.73. The minimum atomic E-state index is -2.08. The first-order valence-electron chi connectivity index (χ1n) is 13.5. The highest BCUT2D eigenvalue weighted by atomic mass is 16.6. The molecule has 0 aliphatic heterocycles. The standard InChI is InChI=1S/C30H40N4O6/c1-5-6-9-16-34(31)30(28(39)40-29(2,3)4,18-20-12-14-22(35)15-13-20)27(38)33-25(26(36)37)17-21-19-32-24-11-8-7-10-23(21)24/h7-8,10-15,19,25,32,35H,5-6,9,16-18,31H2,1-4H3,(H,33,38)(H,36,37)/t25?,30-/m0/s1. The quantitative estimate of drug-likeness (QED) is 0.0706. The number of rotatable bonds is 13. The molecule has 0 aliphatic rings. The minimum Gasteiger partial charge on any atom is -0.508 e. The zero-order valence-corrected chi connectivity index (χ0v) is 23.6. The molecule has 6 N–H and O–H groups in total. The summed E-state index contributed by atoms with van der Waals surface area (Å²) in [6, 6.07) is 12.2. The van der Waals surface area contributed by atoms with Crippen LogP contribution in [-0.2, 0) is 32.0 Å². The lowest BCUT2D eigenvalue weighted by atomic mass is 9.87. The molecule has 1 heterocycles. The van der Waals surface area contributed by atoms with Gasteiger partial charge in [-0.05, 0) is 56.5 Å². The van der Waals surface area contributed by atoms with Crippen LogP contribution >= 0.6 is 0 Å². The van der Waals surface area contributed by atoms with E-state index in [4.69, 9.17) is 10.6 Å². The van der Waals surface area contributed by atoms with E-state index in [-0.39, 0.29) is 25.1 Å². The van der Waals surface area contributed by atoms with Crippen LogP contribution in [0.4, 0.5) is 0 Å². The number of fused-ring (bicyclic) bond motifs is 1. The van der Waals surface area contributed by atoms with Crippen LogP contribution < -0.4 is 11.2 Å². The number of H-pyrrole nitrogens is 1. The molecule has 0 fully saturated rings. The van der Waals surface area contributed by atoms with Gasteiger partial charge in [-0.25, -0.2) is 14.6 Å². The Morgan fingerprint density at radius 2 is 1.75 bits per heavy atom. The van der Waals surface area contributed by atoms with E-state index in [9.17, 15) is 24.6 Å². The number of aliphatic carboxylic acids is 1. The second-order valence-electron chi connectivity index (χ2n) is 11.0. The lowest BCUT2D eigenvalue weighted by Crippen LogP contribution is -2.70. The SMILES string of the molecule is CCCCCN(N)[C@@](Cc1ccc(O)cc1)(C(=O)NC(Cc1c[nH]c2ccccc12)C(=O)O)C(=O)OC(C)(C)C. The number of carboxylic acid groups (broad SMARTS) is 1. The molecule has 1 amide bonds. The normalized spacial score (nSPS) is 14.1. The number of nitrogens with one attached hydrogen (secondary N) is 2. The fourth-order valence-electron chi connectivity index (χ4n) is 4.59. The number of aromatic nitrogens is 1. The number of para-hydroxylation sites is 1. The maximum absolute atomic E-state index is 14.2. The number of benzene rings is 2. The number of phenolic OH excluding ortho intramolecular Hbond substituents is 1. The number of aromatic amines is 1. The van der Waals surface area contributed by atoms with Gasteiger partial charge < -0.3 is 25.3 Å². The molecule has 0 bridgehead atoms. The van der Waals surface area contributed by atoms with Gasteiger partial charge in [0, 0.05) is 36.5 Å². The molecule has 3 aromatic rings. The third-order valence-electron chi connectivity index (χ3n) is 6.70. The van der Waals surface area contributed by atoms with Crippen molar-refractivity contribution in [3.8, 4) is 5.75 Å². The molecule has 2 atom stereocenters. The minimum absolute atomic E-state index is 0.0187. The Hall–Kier alpha value is -3.89. The molecule has 3 rings (SSSR count). The molecule has 0 radical (unpaired) electrons. The number of aromatic hydroxyl groups is 1. The molecule has 10 heteroatoms. The second kappa shape index (κ2) is 13.0. The van der Waals surface area contributed by atoms with Gasteiger partial charge in [-0.3, -0.25) is 10.6 Å². The number of carbonyl (C=O) groups is 3. The van der Waals surface area contributed by atoms with Crippen LogP contribution in [0.2, 0.25) is 0 Å². The van der Waals surface area contributed by atoms with Gasteiger partial charge in [0.15, 0.2) is 0 Å². The lowest BCUT2D eigenvalue weighted by molar-refractivity contribution is -0.175. The number of hydrogen-bond acceptors (Lipinski definition) is 7. The van der Waals surface area contributed by atoms with Gasteiger partial charge >= 0.3 is 11.9 Å². The second-order valence-corrected chi connectivity index (χ2v) is 11.0. The third kappa shape index (κ3) is 7.40. The van der Waals surface area contributed by atoms with Gasteiger partial charge in [-0.15, -0.1) is 0 Å².